The summed E-state index contributed by atoms with van der Waals surface area (Å²) >= 11 is 0. The second kappa shape index (κ2) is 64.9. The molecule has 75 heavy (non-hydrogen) atoms. The van der Waals surface area contributed by atoms with Gasteiger partial charge in [-0.05, 0) is 77.0 Å². The van der Waals surface area contributed by atoms with Gasteiger partial charge in [-0.3, -0.25) is 9.59 Å². The third kappa shape index (κ3) is 61.4. The summed E-state index contributed by atoms with van der Waals surface area (Å²) in [5.74, 6) is -0.0225. The molecule has 444 valence electrons. The zero-order valence-electron chi connectivity index (χ0n) is 50.8. The molecule has 0 aliphatic rings. The lowest BCUT2D eigenvalue weighted by Gasteiger charge is -2.22. The normalized spacial score (nSPS) is 12.6. The Morgan fingerprint density at radius 3 is 0.960 bits per heavy atom. The molecular weight excluding hydrogens is 923 g/mol. The van der Waals surface area contributed by atoms with E-state index in [0.717, 1.165) is 44.9 Å². The molecule has 2 unspecified atom stereocenters. The Bertz CT molecular complexity index is 1170. The first kappa shape index (κ1) is 73.3. The molecule has 0 saturated carbocycles. The van der Waals surface area contributed by atoms with Crippen LogP contribution in [0.4, 0.5) is 0 Å². The molecule has 6 heteroatoms. The summed E-state index contributed by atoms with van der Waals surface area (Å²) in [6.07, 6.45) is 80.8. The van der Waals surface area contributed by atoms with Gasteiger partial charge in [-0.25, -0.2) is 0 Å². The molecule has 6 nitrogen and oxygen atoms in total. The van der Waals surface area contributed by atoms with Crippen LogP contribution in [0.15, 0.2) is 24.3 Å². The quantitative estimate of drug-likeness (QED) is 0.0320. The molecular formula is C69H133NO5. The number of hydrogen-bond acceptors (Lipinski definition) is 5. The monoisotopic (exact) mass is 1060 g/mol. The summed E-state index contributed by atoms with van der Waals surface area (Å²) in [6, 6.07) is -0.540. The van der Waals surface area contributed by atoms with Crippen LogP contribution in [0.5, 0.6) is 0 Å². The molecule has 0 rings (SSSR count). The van der Waals surface area contributed by atoms with Gasteiger partial charge in [-0.1, -0.05) is 314 Å². The number of ether oxygens (including phenoxy) is 1. The highest BCUT2D eigenvalue weighted by molar-refractivity contribution is 5.76. The van der Waals surface area contributed by atoms with E-state index in [1.54, 1.807) is 0 Å². The Morgan fingerprint density at radius 1 is 0.360 bits per heavy atom. The Hall–Kier alpha value is -1.66. The number of allylic oxidation sites excluding steroid dienone is 4. The molecule has 0 saturated heterocycles. The highest BCUT2D eigenvalue weighted by atomic mass is 16.5. The minimum Gasteiger partial charge on any atom is -0.466 e. The molecule has 1 amide bonds. The van der Waals surface area contributed by atoms with Crippen molar-refractivity contribution in [1.29, 1.82) is 0 Å². The number of aliphatic hydroxyl groups excluding tert-OH is 2. The van der Waals surface area contributed by atoms with Gasteiger partial charge in [-0.2, -0.15) is 0 Å². The van der Waals surface area contributed by atoms with E-state index in [9.17, 15) is 19.8 Å². The van der Waals surface area contributed by atoms with Crippen LogP contribution in [0.1, 0.15) is 380 Å². The standard InChI is InChI=1S/C69H133NO5/c1-3-5-7-9-11-13-15-17-34-38-41-45-49-53-57-61-67(72)66(65-71)70-68(73)62-58-54-50-46-42-39-35-32-30-28-26-24-22-20-18-19-21-23-25-27-29-31-33-36-40-44-48-52-56-60-64-75-69(74)63-59-55-51-47-43-37-16-14-12-10-8-6-4-2/h14,16,19,21,66-67,71-72H,3-13,15,17-18,20,22-65H2,1-2H3,(H,70,73)/b16-14-,21-19-. The Balaban J connectivity index is 3.36. The number of amides is 1. The summed E-state index contributed by atoms with van der Waals surface area (Å²) in [7, 11) is 0. The van der Waals surface area contributed by atoms with E-state index in [1.807, 2.05) is 0 Å². The molecule has 0 bridgehead atoms. The Morgan fingerprint density at radius 2 is 0.627 bits per heavy atom. The zero-order valence-corrected chi connectivity index (χ0v) is 50.8. The fourth-order valence-electron chi connectivity index (χ4n) is 10.7. The molecule has 2 atom stereocenters. The number of hydrogen-bond donors (Lipinski definition) is 3. The van der Waals surface area contributed by atoms with E-state index in [0.29, 0.717) is 25.9 Å². The third-order valence-corrected chi connectivity index (χ3v) is 16.0. The number of nitrogens with one attached hydrogen (secondary N) is 1. The van der Waals surface area contributed by atoms with Crippen LogP contribution in [-0.2, 0) is 14.3 Å². The maximum absolute atomic E-state index is 12.5. The predicted octanol–water partition coefficient (Wildman–Crippen LogP) is 21.8. The topological polar surface area (TPSA) is 95.9 Å². The van der Waals surface area contributed by atoms with Crippen molar-refractivity contribution >= 4 is 11.9 Å². The average molecular weight is 1060 g/mol. The van der Waals surface area contributed by atoms with Gasteiger partial charge >= 0.3 is 5.97 Å². The van der Waals surface area contributed by atoms with Crippen molar-refractivity contribution in [3.63, 3.8) is 0 Å². The van der Waals surface area contributed by atoms with E-state index >= 15 is 0 Å². The molecule has 0 aromatic carbocycles. The summed E-state index contributed by atoms with van der Waals surface area (Å²) in [6.45, 7) is 4.96. The van der Waals surface area contributed by atoms with Gasteiger partial charge < -0.3 is 20.3 Å². The summed E-state index contributed by atoms with van der Waals surface area (Å²) < 4.78 is 5.48. The number of carbonyl (C=O) groups excluding carboxylic acids is 2. The van der Waals surface area contributed by atoms with Crippen LogP contribution in [0, 0.1) is 0 Å². The maximum Gasteiger partial charge on any atom is 0.305 e. The van der Waals surface area contributed by atoms with Gasteiger partial charge in [0.1, 0.15) is 0 Å². The van der Waals surface area contributed by atoms with E-state index < -0.39 is 12.1 Å². The van der Waals surface area contributed by atoms with E-state index in [4.69, 9.17) is 4.74 Å². The Labute approximate surface area is 469 Å². The van der Waals surface area contributed by atoms with Crippen LogP contribution >= 0.6 is 0 Å². The summed E-state index contributed by atoms with van der Waals surface area (Å²) in [5, 5.41) is 23.3. The molecule has 3 N–H and O–H groups in total. The van der Waals surface area contributed by atoms with Crippen molar-refractivity contribution in [3.8, 4) is 0 Å². The SMILES string of the molecule is CCCCCC/C=C\CCCCCCCC(=O)OCCCCCCCCCCCCCC/C=C\CCCCCCCCCCCCCCCCC(=O)NC(CO)C(O)CCCCCCCCCCCCCCCCC. The number of esters is 1. The van der Waals surface area contributed by atoms with Crippen molar-refractivity contribution < 1.29 is 24.5 Å². The number of rotatable bonds is 64. The second-order valence-electron chi connectivity index (χ2n) is 23.5. The molecule has 0 heterocycles. The first-order valence-electron chi connectivity index (χ1n) is 34.1. The molecule has 0 radical (unpaired) electrons. The van der Waals surface area contributed by atoms with Crippen LogP contribution in [0.3, 0.4) is 0 Å². The van der Waals surface area contributed by atoms with Gasteiger partial charge in [0.15, 0.2) is 0 Å². The Kier molecular flexibility index (Phi) is 63.4. The van der Waals surface area contributed by atoms with Gasteiger partial charge in [0.2, 0.25) is 5.91 Å². The van der Waals surface area contributed by atoms with Crippen LogP contribution in [0.25, 0.3) is 0 Å². The number of carbonyl (C=O) groups is 2. The lowest BCUT2D eigenvalue weighted by atomic mass is 10.0. The fourth-order valence-corrected chi connectivity index (χ4v) is 10.7. The minimum atomic E-state index is -0.663. The molecule has 0 aromatic rings. The van der Waals surface area contributed by atoms with Crippen molar-refractivity contribution in [2.75, 3.05) is 13.2 Å². The molecule has 0 fully saturated rings. The molecule has 0 aromatic heterocycles. The number of aliphatic hydroxyl groups is 2. The lowest BCUT2D eigenvalue weighted by molar-refractivity contribution is -0.143. The third-order valence-electron chi connectivity index (χ3n) is 16.0. The minimum absolute atomic E-state index is 0.00828. The van der Waals surface area contributed by atoms with Crippen molar-refractivity contribution in [3.05, 3.63) is 24.3 Å². The van der Waals surface area contributed by atoms with E-state index in [1.165, 1.54) is 302 Å². The second-order valence-corrected chi connectivity index (χ2v) is 23.5. The highest BCUT2D eigenvalue weighted by Crippen LogP contribution is 2.18. The first-order chi connectivity index (χ1) is 37.0. The lowest BCUT2D eigenvalue weighted by Crippen LogP contribution is -2.45. The van der Waals surface area contributed by atoms with Crippen LogP contribution < -0.4 is 5.32 Å². The van der Waals surface area contributed by atoms with Gasteiger partial charge in [0.05, 0.1) is 25.4 Å². The van der Waals surface area contributed by atoms with E-state index in [2.05, 4.69) is 43.5 Å². The molecule has 0 aliphatic carbocycles. The largest absolute Gasteiger partial charge is 0.466 e. The van der Waals surface area contributed by atoms with Gasteiger partial charge in [0.25, 0.3) is 0 Å². The first-order valence-corrected chi connectivity index (χ1v) is 34.1. The van der Waals surface area contributed by atoms with Crippen molar-refractivity contribution in [1.82, 2.24) is 5.32 Å². The smallest absolute Gasteiger partial charge is 0.305 e. The molecule has 0 aliphatic heterocycles. The van der Waals surface area contributed by atoms with E-state index in [-0.39, 0.29) is 18.5 Å². The highest BCUT2D eigenvalue weighted by Gasteiger charge is 2.20. The average Bonchev–Trinajstić information content (AvgIpc) is 3.41. The summed E-state index contributed by atoms with van der Waals surface area (Å²) in [5.41, 5.74) is 0. The van der Waals surface area contributed by atoms with Gasteiger partial charge in [-0.15, -0.1) is 0 Å². The predicted molar refractivity (Wildman–Crippen MR) is 329 cm³/mol. The maximum atomic E-state index is 12.5. The number of unbranched alkanes of at least 4 members (excludes halogenated alkanes) is 49. The van der Waals surface area contributed by atoms with Crippen LogP contribution in [0.2, 0.25) is 0 Å². The van der Waals surface area contributed by atoms with Crippen molar-refractivity contribution in [2.45, 2.75) is 392 Å². The zero-order chi connectivity index (χ0) is 54.3. The molecule has 0 spiro atoms. The van der Waals surface area contributed by atoms with Crippen LogP contribution in [-0.4, -0.2) is 47.4 Å². The summed E-state index contributed by atoms with van der Waals surface area (Å²) in [4.78, 5) is 24.5. The van der Waals surface area contributed by atoms with Gasteiger partial charge in [0, 0.05) is 12.8 Å². The van der Waals surface area contributed by atoms with Crippen molar-refractivity contribution in [2.24, 2.45) is 0 Å². The fraction of sp³-hybridized carbons (Fsp3) is 0.913.